The lowest BCUT2D eigenvalue weighted by Crippen LogP contribution is -2.30. The van der Waals surface area contributed by atoms with E-state index in [9.17, 15) is 4.79 Å². The first-order valence-electron chi connectivity index (χ1n) is 6.90. The molecule has 118 valence electrons. The van der Waals surface area contributed by atoms with Crippen molar-refractivity contribution in [3.05, 3.63) is 23.8 Å². The third-order valence-electron chi connectivity index (χ3n) is 2.69. The Morgan fingerprint density at radius 3 is 2.86 bits per heavy atom. The molecule has 0 atom stereocenters. The molecule has 0 spiro atoms. The molecule has 0 saturated heterocycles. The number of aliphatic hydroxyl groups is 1. The van der Waals surface area contributed by atoms with Crippen molar-refractivity contribution in [2.24, 2.45) is 0 Å². The molecular weight excluding hydrogens is 290 g/mol. The average Bonchev–Trinajstić information content (AvgIpc) is 2.49. The Labute approximate surface area is 130 Å². The van der Waals surface area contributed by atoms with Gasteiger partial charge in [-0.3, -0.25) is 4.79 Å². The maximum atomic E-state index is 11.6. The van der Waals surface area contributed by atoms with Crippen LogP contribution in [0.15, 0.2) is 18.2 Å². The smallest absolute Gasteiger partial charge is 0.257 e. The van der Waals surface area contributed by atoms with Crippen molar-refractivity contribution < 1.29 is 19.4 Å². The number of rotatable bonds is 10. The van der Waals surface area contributed by atoms with Gasteiger partial charge in [0, 0.05) is 18.9 Å². The molecule has 0 aliphatic rings. The number of benzene rings is 1. The largest absolute Gasteiger partial charge is 0.493 e. The van der Waals surface area contributed by atoms with Crippen LogP contribution in [0.3, 0.4) is 0 Å². The second-order valence-corrected chi connectivity index (χ2v) is 5.71. The average molecular weight is 313 g/mol. The number of carbonyl (C=O) groups excluding carboxylic acids is 1. The van der Waals surface area contributed by atoms with Gasteiger partial charge in [0.1, 0.15) is 0 Å². The van der Waals surface area contributed by atoms with Crippen LogP contribution in [-0.2, 0) is 4.79 Å². The van der Waals surface area contributed by atoms with E-state index in [0.717, 1.165) is 23.5 Å². The number of amides is 1. The highest BCUT2D eigenvalue weighted by Gasteiger charge is 2.07. The fraction of sp³-hybridized carbons (Fsp3) is 0.533. The third-order valence-corrected chi connectivity index (χ3v) is 3.76. The molecule has 0 saturated carbocycles. The summed E-state index contributed by atoms with van der Waals surface area (Å²) in [7, 11) is 1.57. The topological polar surface area (TPSA) is 67.8 Å². The summed E-state index contributed by atoms with van der Waals surface area (Å²) in [5.41, 5.74) is 1.07. The highest BCUT2D eigenvalue weighted by Crippen LogP contribution is 2.27. The van der Waals surface area contributed by atoms with E-state index in [-0.39, 0.29) is 19.1 Å². The lowest BCUT2D eigenvalue weighted by atomic mass is 10.2. The Morgan fingerprint density at radius 1 is 1.33 bits per heavy atom. The molecule has 1 rings (SSSR count). The Kier molecular flexibility index (Phi) is 8.69. The summed E-state index contributed by atoms with van der Waals surface area (Å²) in [6, 6.07) is 5.57. The molecule has 0 aliphatic carbocycles. The zero-order valence-corrected chi connectivity index (χ0v) is 13.4. The van der Waals surface area contributed by atoms with Crippen LogP contribution >= 0.6 is 11.8 Å². The maximum absolute atomic E-state index is 11.6. The predicted octanol–water partition coefficient (Wildman–Crippen LogP) is 1.61. The summed E-state index contributed by atoms with van der Waals surface area (Å²) >= 11 is 1.71. The minimum Gasteiger partial charge on any atom is -0.493 e. The Bertz CT molecular complexity index is 440. The van der Waals surface area contributed by atoms with Crippen molar-refractivity contribution in [3.63, 3.8) is 0 Å². The van der Waals surface area contributed by atoms with Gasteiger partial charge in [0.2, 0.25) is 0 Å². The fourth-order valence-corrected chi connectivity index (χ4v) is 2.40. The maximum Gasteiger partial charge on any atom is 0.257 e. The quantitative estimate of drug-likeness (QED) is 0.642. The second-order valence-electron chi connectivity index (χ2n) is 4.48. The van der Waals surface area contributed by atoms with Crippen molar-refractivity contribution >= 4 is 17.7 Å². The van der Waals surface area contributed by atoms with E-state index in [0.29, 0.717) is 18.0 Å². The molecule has 5 nitrogen and oxygen atoms in total. The van der Waals surface area contributed by atoms with E-state index < -0.39 is 0 Å². The van der Waals surface area contributed by atoms with Crippen LogP contribution in [0, 0.1) is 6.92 Å². The van der Waals surface area contributed by atoms with Crippen LogP contribution in [0.4, 0.5) is 0 Å². The zero-order valence-electron chi connectivity index (χ0n) is 12.6. The highest BCUT2D eigenvalue weighted by molar-refractivity contribution is 7.99. The molecule has 2 N–H and O–H groups in total. The number of nitrogens with one attached hydrogen (secondary N) is 1. The molecule has 1 amide bonds. The normalized spacial score (nSPS) is 10.2. The molecule has 0 radical (unpaired) electrons. The zero-order chi connectivity index (χ0) is 15.5. The number of aliphatic hydroxyl groups excluding tert-OH is 1. The van der Waals surface area contributed by atoms with E-state index in [1.807, 2.05) is 19.1 Å². The molecule has 0 fully saturated rings. The molecule has 0 aromatic heterocycles. The monoisotopic (exact) mass is 313 g/mol. The number of ether oxygens (including phenoxy) is 2. The van der Waals surface area contributed by atoms with Gasteiger partial charge in [-0.2, -0.15) is 11.8 Å². The standard InChI is InChI=1S/C15H23NO4S/c1-12-4-5-13(14(10-12)19-2)20-11-15(18)16-6-9-21-8-3-7-17/h4-5,10,17H,3,6-9,11H2,1-2H3,(H,16,18). The van der Waals surface area contributed by atoms with Gasteiger partial charge in [0.25, 0.3) is 5.91 Å². The van der Waals surface area contributed by atoms with Gasteiger partial charge in [-0.1, -0.05) is 6.07 Å². The third kappa shape index (κ3) is 7.24. The van der Waals surface area contributed by atoms with Crippen molar-refractivity contribution in [1.82, 2.24) is 5.32 Å². The van der Waals surface area contributed by atoms with Crippen LogP contribution in [0.25, 0.3) is 0 Å². The van der Waals surface area contributed by atoms with Gasteiger partial charge in [0.15, 0.2) is 18.1 Å². The van der Waals surface area contributed by atoms with Crippen LogP contribution in [-0.4, -0.2) is 49.4 Å². The molecule has 1 aromatic carbocycles. The lowest BCUT2D eigenvalue weighted by Gasteiger charge is -2.11. The lowest BCUT2D eigenvalue weighted by molar-refractivity contribution is -0.122. The van der Waals surface area contributed by atoms with Crippen LogP contribution < -0.4 is 14.8 Å². The van der Waals surface area contributed by atoms with E-state index in [2.05, 4.69) is 5.32 Å². The molecule has 1 aromatic rings. The molecule has 0 aliphatic heterocycles. The van der Waals surface area contributed by atoms with Crippen molar-refractivity contribution in [3.8, 4) is 11.5 Å². The first kappa shape index (κ1) is 17.7. The summed E-state index contributed by atoms with van der Waals surface area (Å²) < 4.78 is 10.7. The highest BCUT2D eigenvalue weighted by atomic mass is 32.2. The first-order chi connectivity index (χ1) is 10.2. The number of hydrogen-bond acceptors (Lipinski definition) is 5. The fourth-order valence-electron chi connectivity index (χ4n) is 1.62. The summed E-state index contributed by atoms with van der Waals surface area (Å²) in [6.07, 6.45) is 0.787. The number of methoxy groups -OCH3 is 1. The Hall–Kier alpha value is -1.40. The summed E-state index contributed by atoms with van der Waals surface area (Å²) in [6.45, 7) is 2.75. The van der Waals surface area contributed by atoms with E-state index in [1.54, 1.807) is 24.9 Å². The number of hydrogen-bond donors (Lipinski definition) is 2. The molecular formula is C15H23NO4S. The number of thioether (sulfide) groups is 1. The second kappa shape index (κ2) is 10.3. The van der Waals surface area contributed by atoms with Crippen LogP contribution in [0.1, 0.15) is 12.0 Å². The van der Waals surface area contributed by atoms with Gasteiger partial charge >= 0.3 is 0 Å². The van der Waals surface area contributed by atoms with Gasteiger partial charge < -0.3 is 19.9 Å². The molecule has 0 unspecified atom stereocenters. The Balaban J connectivity index is 2.24. The van der Waals surface area contributed by atoms with Crippen molar-refractivity contribution in [1.29, 1.82) is 0 Å². The van der Waals surface area contributed by atoms with Gasteiger partial charge in [-0.25, -0.2) is 0 Å². The van der Waals surface area contributed by atoms with Crippen molar-refractivity contribution in [2.75, 3.05) is 38.4 Å². The predicted molar refractivity (Wildman–Crippen MR) is 85.3 cm³/mol. The van der Waals surface area contributed by atoms with E-state index in [4.69, 9.17) is 14.6 Å². The van der Waals surface area contributed by atoms with E-state index >= 15 is 0 Å². The molecule has 0 bridgehead atoms. The Morgan fingerprint density at radius 2 is 2.14 bits per heavy atom. The summed E-state index contributed by atoms with van der Waals surface area (Å²) in [5, 5.41) is 11.4. The summed E-state index contributed by atoms with van der Waals surface area (Å²) in [4.78, 5) is 11.6. The number of carbonyl (C=O) groups is 1. The minimum atomic E-state index is -0.152. The summed E-state index contributed by atoms with van der Waals surface area (Å²) in [5.74, 6) is 2.78. The SMILES string of the molecule is COc1cc(C)ccc1OCC(=O)NCCSCCCO. The first-order valence-corrected chi connectivity index (χ1v) is 8.05. The molecule has 21 heavy (non-hydrogen) atoms. The van der Waals surface area contributed by atoms with Crippen LogP contribution in [0.5, 0.6) is 11.5 Å². The van der Waals surface area contributed by atoms with Gasteiger partial charge in [-0.05, 0) is 36.8 Å². The molecule has 6 heteroatoms. The number of aryl methyl sites for hydroxylation is 1. The van der Waals surface area contributed by atoms with Crippen LogP contribution in [0.2, 0.25) is 0 Å². The molecule has 0 heterocycles. The van der Waals surface area contributed by atoms with Crippen molar-refractivity contribution in [2.45, 2.75) is 13.3 Å². The van der Waals surface area contributed by atoms with Gasteiger partial charge in [0.05, 0.1) is 7.11 Å². The van der Waals surface area contributed by atoms with Gasteiger partial charge in [-0.15, -0.1) is 0 Å². The minimum absolute atomic E-state index is 0.0271. The van der Waals surface area contributed by atoms with E-state index in [1.165, 1.54) is 0 Å².